The molecular weight excluding hydrogens is 316 g/mol. The van der Waals surface area contributed by atoms with E-state index in [-0.39, 0.29) is 5.91 Å². The second-order valence-corrected chi connectivity index (χ2v) is 7.80. The van der Waals surface area contributed by atoms with E-state index < -0.39 is 0 Å². The first-order chi connectivity index (χ1) is 9.63. The first-order valence-electron chi connectivity index (χ1n) is 7.76. The topological polar surface area (TPSA) is 34.0 Å². The largest absolute Gasteiger partial charge is 0.348 e. The predicted molar refractivity (Wildman–Crippen MR) is 81.4 cm³/mol. The van der Waals surface area contributed by atoms with Crippen LogP contribution in [0.4, 0.5) is 0 Å². The summed E-state index contributed by atoms with van der Waals surface area (Å²) in [5.41, 5.74) is 0.752. The summed E-state index contributed by atoms with van der Waals surface area (Å²) in [4.78, 5) is 12.5. The molecule has 1 N–H and O–H groups in total. The van der Waals surface area contributed by atoms with Gasteiger partial charge in [-0.25, -0.2) is 0 Å². The summed E-state index contributed by atoms with van der Waals surface area (Å²) in [6, 6.07) is 2.32. The molecule has 0 aliphatic heterocycles. The maximum atomic E-state index is 12.5. The number of hydrogen-bond acceptors (Lipinski definition) is 1. The number of carbonyl (C=O) groups is 1. The van der Waals surface area contributed by atoms with Gasteiger partial charge in [0, 0.05) is 23.8 Å². The molecule has 5 unspecified atom stereocenters. The van der Waals surface area contributed by atoms with Crippen LogP contribution in [0.25, 0.3) is 0 Å². The summed E-state index contributed by atoms with van der Waals surface area (Å²) in [6.45, 7) is 0. The third-order valence-electron chi connectivity index (χ3n) is 5.95. The normalized spacial score (nSPS) is 38.2. The SMILES string of the molecule is Cn1cc(Br)cc1C(=O)NC1CC2CC1C1CCCC21. The molecule has 0 saturated heterocycles. The maximum Gasteiger partial charge on any atom is 0.268 e. The zero-order valence-corrected chi connectivity index (χ0v) is 13.4. The van der Waals surface area contributed by atoms with Crippen molar-refractivity contribution in [2.75, 3.05) is 0 Å². The summed E-state index contributed by atoms with van der Waals surface area (Å²) in [5.74, 6) is 3.61. The van der Waals surface area contributed by atoms with E-state index in [0.717, 1.165) is 33.8 Å². The lowest BCUT2D eigenvalue weighted by atomic mass is 9.79. The van der Waals surface area contributed by atoms with Crippen LogP contribution < -0.4 is 5.32 Å². The van der Waals surface area contributed by atoms with Gasteiger partial charge in [0.25, 0.3) is 5.91 Å². The van der Waals surface area contributed by atoms with Gasteiger partial charge in [-0.15, -0.1) is 0 Å². The fourth-order valence-corrected chi connectivity index (χ4v) is 5.75. The number of aromatic nitrogens is 1. The number of rotatable bonds is 2. The second kappa shape index (κ2) is 4.62. The van der Waals surface area contributed by atoms with Gasteiger partial charge < -0.3 is 9.88 Å². The molecule has 1 heterocycles. The highest BCUT2D eigenvalue weighted by atomic mass is 79.9. The van der Waals surface area contributed by atoms with E-state index in [1.807, 2.05) is 23.9 Å². The molecule has 3 nitrogen and oxygen atoms in total. The highest BCUT2D eigenvalue weighted by Gasteiger charge is 2.54. The van der Waals surface area contributed by atoms with Crippen molar-refractivity contribution in [3.8, 4) is 0 Å². The highest BCUT2D eigenvalue weighted by molar-refractivity contribution is 9.10. The Bertz CT molecular complexity index is 553. The molecule has 5 atom stereocenters. The Labute approximate surface area is 128 Å². The van der Waals surface area contributed by atoms with Gasteiger partial charge in [-0.2, -0.15) is 0 Å². The molecule has 1 aromatic rings. The van der Waals surface area contributed by atoms with Gasteiger partial charge in [-0.05, 0) is 71.4 Å². The van der Waals surface area contributed by atoms with E-state index in [4.69, 9.17) is 0 Å². The van der Waals surface area contributed by atoms with E-state index in [9.17, 15) is 4.79 Å². The van der Waals surface area contributed by atoms with Gasteiger partial charge in [0.15, 0.2) is 0 Å². The zero-order valence-electron chi connectivity index (χ0n) is 11.8. The Morgan fingerprint density at radius 2 is 2.10 bits per heavy atom. The summed E-state index contributed by atoms with van der Waals surface area (Å²) >= 11 is 3.43. The lowest BCUT2D eigenvalue weighted by molar-refractivity contribution is 0.0893. The van der Waals surface area contributed by atoms with Crippen LogP contribution in [0.5, 0.6) is 0 Å². The fourth-order valence-electron chi connectivity index (χ4n) is 5.23. The minimum atomic E-state index is 0.0882. The molecule has 0 aromatic carbocycles. The van der Waals surface area contributed by atoms with Crippen LogP contribution in [0, 0.1) is 23.7 Å². The number of hydrogen-bond donors (Lipinski definition) is 1. The van der Waals surface area contributed by atoms with Crippen molar-refractivity contribution in [2.45, 2.75) is 38.1 Å². The average molecular weight is 337 g/mol. The van der Waals surface area contributed by atoms with Crippen LogP contribution in [-0.4, -0.2) is 16.5 Å². The fraction of sp³-hybridized carbons (Fsp3) is 0.688. The van der Waals surface area contributed by atoms with Crippen LogP contribution in [0.1, 0.15) is 42.6 Å². The van der Waals surface area contributed by atoms with Gasteiger partial charge in [0.2, 0.25) is 0 Å². The molecule has 3 saturated carbocycles. The van der Waals surface area contributed by atoms with Crippen molar-refractivity contribution in [1.29, 1.82) is 0 Å². The molecule has 0 spiro atoms. The second-order valence-electron chi connectivity index (χ2n) is 6.89. The molecule has 2 bridgehead atoms. The molecule has 20 heavy (non-hydrogen) atoms. The third kappa shape index (κ3) is 1.87. The van der Waals surface area contributed by atoms with Crippen molar-refractivity contribution in [3.05, 3.63) is 22.4 Å². The van der Waals surface area contributed by atoms with Crippen LogP contribution in [0.15, 0.2) is 16.7 Å². The van der Waals surface area contributed by atoms with Crippen molar-refractivity contribution >= 4 is 21.8 Å². The van der Waals surface area contributed by atoms with Gasteiger partial charge in [-0.3, -0.25) is 4.79 Å². The third-order valence-corrected chi connectivity index (χ3v) is 6.38. The molecule has 108 valence electrons. The Kier molecular flexibility index (Phi) is 2.99. The average Bonchev–Trinajstić information content (AvgIpc) is 3.09. The lowest BCUT2D eigenvalue weighted by Gasteiger charge is -2.32. The molecule has 1 aromatic heterocycles. The van der Waals surface area contributed by atoms with E-state index in [2.05, 4.69) is 21.2 Å². The molecular formula is C16H21BrN2O. The van der Waals surface area contributed by atoms with Crippen molar-refractivity contribution in [1.82, 2.24) is 9.88 Å². The Morgan fingerprint density at radius 1 is 1.30 bits per heavy atom. The monoisotopic (exact) mass is 336 g/mol. The molecule has 4 rings (SSSR count). The number of amides is 1. The lowest BCUT2D eigenvalue weighted by Crippen LogP contribution is -2.42. The number of halogens is 1. The molecule has 1 amide bonds. The quantitative estimate of drug-likeness (QED) is 0.882. The Balaban J connectivity index is 1.48. The summed E-state index contributed by atoms with van der Waals surface area (Å²) in [6.07, 6.45) is 8.75. The van der Waals surface area contributed by atoms with Crippen molar-refractivity contribution < 1.29 is 4.79 Å². The number of nitrogens with one attached hydrogen (secondary N) is 1. The maximum absolute atomic E-state index is 12.5. The highest BCUT2D eigenvalue weighted by Crippen LogP contribution is 2.58. The summed E-state index contributed by atoms with van der Waals surface area (Å²) in [5, 5.41) is 3.31. The van der Waals surface area contributed by atoms with Crippen molar-refractivity contribution in [2.24, 2.45) is 30.7 Å². The van der Waals surface area contributed by atoms with Crippen LogP contribution in [-0.2, 0) is 7.05 Å². The molecule has 3 fully saturated rings. The molecule has 4 heteroatoms. The predicted octanol–water partition coefficient (Wildman–Crippen LogP) is 3.34. The van der Waals surface area contributed by atoms with Crippen molar-refractivity contribution in [3.63, 3.8) is 0 Å². The standard InChI is InChI=1S/C16H21BrN2O/c1-19-8-10(17)7-15(19)16(20)18-14-6-9-5-13(14)12-4-2-3-11(9)12/h7-9,11-14H,2-6H2,1H3,(H,18,20). The zero-order chi connectivity index (χ0) is 13.9. The van der Waals surface area contributed by atoms with Gasteiger partial charge in [-0.1, -0.05) is 6.42 Å². The van der Waals surface area contributed by atoms with Crippen LogP contribution in [0.3, 0.4) is 0 Å². The molecule has 3 aliphatic carbocycles. The molecule has 3 aliphatic rings. The minimum Gasteiger partial charge on any atom is -0.348 e. The van der Waals surface area contributed by atoms with E-state index in [0.29, 0.717) is 6.04 Å². The summed E-state index contributed by atoms with van der Waals surface area (Å²) < 4.78 is 2.86. The van der Waals surface area contributed by atoms with Crippen LogP contribution >= 0.6 is 15.9 Å². The number of nitrogens with zero attached hydrogens (tertiary/aromatic N) is 1. The minimum absolute atomic E-state index is 0.0882. The number of aryl methyl sites for hydroxylation is 1. The van der Waals surface area contributed by atoms with Crippen LogP contribution in [0.2, 0.25) is 0 Å². The summed E-state index contributed by atoms with van der Waals surface area (Å²) in [7, 11) is 1.92. The van der Waals surface area contributed by atoms with Gasteiger partial charge >= 0.3 is 0 Å². The number of carbonyl (C=O) groups excluding carboxylic acids is 1. The Hall–Kier alpha value is -0.770. The first kappa shape index (κ1) is 12.9. The molecule has 0 radical (unpaired) electrons. The number of fused-ring (bicyclic) bond motifs is 5. The van der Waals surface area contributed by atoms with E-state index in [1.54, 1.807) is 0 Å². The van der Waals surface area contributed by atoms with E-state index in [1.165, 1.54) is 32.1 Å². The Morgan fingerprint density at radius 3 is 2.85 bits per heavy atom. The van der Waals surface area contributed by atoms with Gasteiger partial charge in [0.1, 0.15) is 5.69 Å². The van der Waals surface area contributed by atoms with E-state index >= 15 is 0 Å². The first-order valence-corrected chi connectivity index (χ1v) is 8.55. The van der Waals surface area contributed by atoms with Gasteiger partial charge in [0.05, 0.1) is 0 Å². The smallest absolute Gasteiger partial charge is 0.268 e.